The van der Waals surface area contributed by atoms with Gasteiger partial charge >= 0.3 is 6.09 Å². The molecule has 0 aromatic heterocycles. The molecule has 0 N–H and O–H groups in total. The van der Waals surface area contributed by atoms with E-state index in [1.807, 2.05) is 31.3 Å². The van der Waals surface area contributed by atoms with E-state index in [1.165, 1.54) is 11.8 Å². The van der Waals surface area contributed by atoms with Crippen LogP contribution in [-0.2, 0) is 14.3 Å². The number of rotatable bonds is 3. The normalized spacial score (nSPS) is 23.2. The van der Waals surface area contributed by atoms with Gasteiger partial charge < -0.3 is 14.4 Å². The van der Waals surface area contributed by atoms with Crippen LogP contribution in [0.1, 0.15) is 27.7 Å². The average molecular weight is 298 g/mol. The maximum absolute atomic E-state index is 12.4. The lowest BCUT2D eigenvalue weighted by atomic mass is 10.1. The highest BCUT2D eigenvalue weighted by Gasteiger charge is 2.38. The summed E-state index contributed by atoms with van der Waals surface area (Å²) in [4.78, 5) is 27.6. The van der Waals surface area contributed by atoms with Crippen molar-refractivity contribution in [2.24, 2.45) is 0 Å². The van der Waals surface area contributed by atoms with Crippen LogP contribution in [0.2, 0.25) is 0 Å². The van der Waals surface area contributed by atoms with E-state index in [4.69, 9.17) is 9.47 Å². The molecule has 1 fully saturated rings. The van der Waals surface area contributed by atoms with E-state index in [9.17, 15) is 9.59 Å². The first-order chi connectivity index (χ1) is 9.61. The van der Waals surface area contributed by atoms with Crippen LogP contribution in [0.15, 0.2) is 12.3 Å². The molecule has 2 unspecified atom stereocenters. The van der Waals surface area contributed by atoms with Crippen molar-refractivity contribution in [1.82, 2.24) is 9.80 Å². The minimum atomic E-state index is -0.606. The number of hydrogen-bond acceptors (Lipinski definition) is 5. The Balaban J connectivity index is 2.99. The third-order valence-corrected chi connectivity index (χ3v) is 2.94. The molecule has 2 atom stereocenters. The minimum Gasteiger partial charge on any atom is -0.444 e. The van der Waals surface area contributed by atoms with Gasteiger partial charge in [0.25, 0.3) is 0 Å². The fraction of sp³-hybridized carbons (Fsp3) is 0.733. The summed E-state index contributed by atoms with van der Waals surface area (Å²) < 4.78 is 10.9. The Morgan fingerprint density at radius 3 is 2.38 bits per heavy atom. The molecule has 0 saturated carbocycles. The number of Topliss-reactive ketones (excluding diaryl/α,β-unsaturated/α-hetero) is 1. The highest BCUT2D eigenvalue weighted by atomic mass is 16.6. The van der Waals surface area contributed by atoms with Crippen molar-refractivity contribution in [3.63, 3.8) is 0 Å². The molecular formula is C15H26N2O4. The van der Waals surface area contributed by atoms with Crippen molar-refractivity contribution in [2.75, 3.05) is 27.3 Å². The molecule has 1 aliphatic heterocycles. The summed E-state index contributed by atoms with van der Waals surface area (Å²) >= 11 is 0. The monoisotopic (exact) mass is 298 g/mol. The van der Waals surface area contributed by atoms with Crippen molar-refractivity contribution in [3.8, 4) is 0 Å². The van der Waals surface area contributed by atoms with Crippen LogP contribution in [-0.4, -0.2) is 66.7 Å². The molecule has 6 nitrogen and oxygen atoms in total. The molecule has 120 valence electrons. The molecule has 0 aromatic carbocycles. The average Bonchev–Trinajstić information content (AvgIpc) is 2.33. The first-order valence-electron chi connectivity index (χ1n) is 7.06. The summed E-state index contributed by atoms with van der Waals surface area (Å²) in [6.45, 7) is 7.44. The lowest BCUT2D eigenvalue weighted by Gasteiger charge is -2.40. The highest BCUT2D eigenvalue weighted by molar-refractivity contribution is 5.86. The van der Waals surface area contributed by atoms with E-state index in [2.05, 4.69) is 0 Å². The van der Waals surface area contributed by atoms with Gasteiger partial charge in [0.05, 0.1) is 19.3 Å². The second-order valence-corrected chi connectivity index (χ2v) is 6.42. The molecule has 0 radical (unpaired) electrons. The molecule has 0 aliphatic carbocycles. The van der Waals surface area contributed by atoms with Gasteiger partial charge in [0.15, 0.2) is 5.78 Å². The first-order valence-corrected chi connectivity index (χ1v) is 7.06. The summed E-state index contributed by atoms with van der Waals surface area (Å²) in [5.74, 6) is -0.108. The van der Waals surface area contributed by atoms with Crippen LogP contribution < -0.4 is 0 Å². The van der Waals surface area contributed by atoms with Gasteiger partial charge in [-0.15, -0.1) is 0 Å². The van der Waals surface area contributed by atoms with Crippen molar-refractivity contribution in [1.29, 1.82) is 0 Å². The summed E-state index contributed by atoms with van der Waals surface area (Å²) in [5, 5.41) is 0. The van der Waals surface area contributed by atoms with E-state index in [0.717, 1.165) is 0 Å². The lowest BCUT2D eigenvalue weighted by molar-refractivity contribution is -0.130. The van der Waals surface area contributed by atoms with Gasteiger partial charge in [0.2, 0.25) is 0 Å². The minimum absolute atomic E-state index is 0.108. The zero-order chi connectivity index (χ0) is 16.2. The summed E-state index contributed by atoms with van der Waals surface area (Å²) in [7, 11) is 3.78. The Hall–Kier alpha value is -1.56. The topological polar surface area (TPSA) is 59.1 Å². The zero-order valence-corrected chi connectivity index (χ0v) is 13.8. The van der Waals surface area contributed by atoms with Crippen molar-refractivity contribution >= 4 is 11.9 Å². The molecule has 0 aromatic rings. The number of amides is 1. The molecule has 1 rings (SSSR count). The van der Waals surface area contributed by atoms with Crippen molar-refractivity contribution < 1.29 is 19.1 Å². The number of ketones is 1. The van der Waals surface area contributed by atoms with E-state index in [1.54, 1.807) is 20.8 Å². The summed E-state index contributed by atoms with van der Waals surface area (Å²) in [5.41, 5.74) is -0.605. The molecule has 1 saturated heterocycles. The zero-order valence-electron chi connectivity index (χ0n) is 13.8. The number of ether oxygens (including phenoxy) is 2. The summed E-state index contributed by atoms with van der Waals surface area (Å²) in [6, 6.07) is -0.921. The molecular weight excluding hydrogens is 272 g/mol. The standard InChI is InChI=1S/C15H26N2O4/c1-11(18)13-10-20-9-12(7-8-16(5)6)17(13)14(19)21-15(2,3)4/h7-8,12-13H,9-10H2,1-6H3/b8-7-. The molecule has 6 heteroatoms. The Labute approximate surface area is 126 Å². The van der Waals surface area contributed by atoms with Crippen LogP contribution in [0.4, 0.5) is 4.79 Å². The van der Waals surface area contributed by atoms with Crippen LogP contribution in [0.25, 0.3) is 0 Å². The van der Waals surface area contributed by atoms with Gasteiger partial charge in [-0.25, -0.2) is 4.79 Å². The number of morpholine rings is 1. The number of carbonyl (C=O) groups is 2. The SMILES string of the molecule is CC(=O)C1COCC(/C=C\N(C)C)N1C(=O)OC(C)(C)C. The predicted molar refractivity (Wildman–Crippen MR) is 80.0 cm³/mol. The maximum Gasteiger partial charge on any atom is 0.411 e. The van der Waals surface area contributed by atoms with Crippen LogP contribution in [0, 0.1) is 0 Å². The molecule has 0 bridgehead atoms. The van der Waals surface area contributed by atoms with E-state index >= 15 is 0 Å². The van der Waals surface area contributed by atoms with Gasteiger partial charge in [0.1, 0.15) is 11.6 Å². The molecule has 0 spiro atoms. The molecule has 1 amide bonds. The predicted octanol–water partition coefficient (Wildman–Crippen LogP) is 1.66. The second kappa shape index (κ2) is 6.93. The lowest BCUT2D eigenvalue weighted by Crippen LogP contribution is -2.57. The van der Waals surface area contributed by atoms with Gasteiger partial charge in [-0.3, -0.25) is 9.69 Å². The van der Waals surface area contributed by atoms with E-state index in [0.29, 0.717) is 6.61 Å². The van der Waals surface area contributed by atoms with Gasteiger partial charge in [-0.2, -0.15) is 0 Å². The fourth-order valence-electron chi connectivity index (χ4n) is 2.00. The summed E-state index contributed by atoms with van der Waals surface area (Å²) in [6.07, 6.45) is 3.20. The quantitative estimate of drug-likeness (QED) is 0.793. The van der Waals surface area contributed by atoms with Crippen LogP contribution in [0.5, 0.6) is 0 Å². The second-order valence-electron chi connectivity index (χ2n) is 6.42. The Bertz CT molecular complexity index is 412. The Morgan fingerprint density at radius 1 is 1.29 bits per heavy atom. The Morgan fingerprint density at radius 2 is 1.90 bits per heavy atom. The fourth-order valence-corrected chi connectivity index (χ4v) is 2.00. The number of nitrogens with zero attached hydrogens (tertiary/aromatic N) is 2. The highest BCUT2D eigenvalue weighted by Crippen LogP contribution is 2.20. The van der Waals surface area contributed by atoms with Gasteiger partial charge in [-0.05, 0) is 40.0 Å². The van der Waals surface area contributed by atoms with Gasteiger partial charge in [-0.1, -0.05) is 0 Å². The molecule has 21 heavy (non-hydrogen) atoms. The largest absolute Gasteiger partial charge is 0.444 e. The molecule has 1 heterocycles. The Kier molecular flexibility index (Phi) is 5.78. The van der Waals surface area contributed by atoms with Crippen LogP contribution in [0.3, 0.4) is 0 Å². The van der Waals surface area contributed by atoms with Crippen molar-refractivity contribution in [2.45, 2.75) is 45.4 Å². The maximum atomic E-state index is 12.4. The smallest absolute Gasteiger partial charge is 0.411 e. The molecule has 1 aliphatic rings. The third kappa shape index (κ3) is 5.38. The number of hydrogen-bond donors (Lipinski definition) is 0. The van der Waals surface area contributed by atoms with Gasteiger partial charge in [0, 0.05) is 14.1 Å². The third-order valence-electron chi connectivity index (χ3n) is 2.94. The van der Waals surface area contributed by atoms with E-state index in [-0.39, 0.29) is 18.4 Å². The first kappa shape index (κ1) is 17.5. The van der Waals surface area contributed by atoms with Crippen LogP contribution >= 0.6 is 0 Å². The van der Waals surface area contributed by atoms with E-state index < -0.39 is 17.7 Å². The van der Waals surface area contributed by atoms with Crippen molar-refractivity contribution in [3.05, 3.63) is 12.3 Å². The number of carbonyl (C=O) groups excluding carboxylic acids is 2.